The third-order valence-electron chi connectivity index (χ3n) is 3.18. The number of nitrogens with one attached hydrogen (secondary N) is 1. The van der Waals surface area contributed by atoms with Gasteiger partial charge in [0.1, 0.15) is 0 Å². The second-order valence-electron chi connectivity index (χ2n) is 4.88. The van der Waals surface area contributed by atoms with Gasteiger partial charge in [-0.15, -0.1) is 11.3 Å². The van der Waals surface area contributed by atoms with Gasteiger partial charge in [0.25, 0.3) is 0 Å². The maximum atomic E-state index is 12.1. The van der Waals surface area contributed by atoms with Gasteiger partial charge in [-0.3, -0.25) is 4.79 Å². The Hall–Kier alpha value is -1.67. The Morgan fingerprint density at radius 1 is 1.62 bits per heavy atom. The Morgan fingerprint density at radius 3 is 3.10 bits per heavy atom. The molecular weight excluding hydrogens is 294 g/mol. The average Bonchev–Trinajstić information content (AvgIpc) is 2.84. The first kappa shape index (κ1) is 15.7. The zero-order valence-electron chi connectivity index (χ0n) is 11.9. The van der Waals surface area contributed by atoms with Gasteiger partial charge in [-0.05, 0) is 6.92 Å². The molecule has 2 rings (SSSR count). The number of ether oxygens (including phenoxy) is 1. The largest absolute Gasteiger partial charge is 0.481 e. The first-order valence-electron chi connectivity index (χ1n) is 6.81. The third kappa shape index (κ3) is 4.68. The number of nitrogens with zero attached hydrogens (tertiary/aromatic N) is 2. The summed E-state index contributed by atoms with van der Waals surface area (Å²) in [5.74, 6) is -0.929. The number of hydrogen-bond donors (Lipinski definition) is 2. The minimum atomic E-state index is -0.929. The molecular formula is C13H19N3O4S. The predicted molar refractivity (Wildman–Crippen MR) is 77.5 cm³/mol. The lowest BCUT2D eigenvalue weighted by atomic mass is 10.1. The number of carboxylic acid groups (broad SMARTS) is 1. The average molecular weight is 313 g/mol. The van der Waals surface area contributed by atoms with Crippen molar-refractivity contribution in [3.8, 4) is 0 Å². The van der Waals surface area contributed by atoms with E-state index in [9.17, 15) is 9.59 Å². The van der Waals surface area contributed by atoms with Crippen LogP contribution in [0.3, 0.4) is 0 Å². The van der Waals surface area contributed by atoms with Crippen LogP contribution in [-0.2, 0) is 16.0 Å². The van der Waals surface area contributed by atoms with Gasteiger partial charge in [-0.25, -0.2) is 9.78 Å². The van der Waals surface area contributed by atoms with Crippen LogP contribution in [-0.4, -0.2) is 59.3 Å². The highest BCUT2D eigenvalue weighted by Gasteiger charge is 2.28. The Labute approximate surface area is 126 Å². The molecule has 2 amide bonds. The van der Waals surface area contributed by atoms with Gasteiger partial charge in [-0.1, -0.05) is 0 Å². The van der Waals surface area contributed by atoms with E-state index in [0.717, 1.165) is 10.7 Å². The Morgan fingerprint density at radius 2 is 2.43 bits per heavy atom. The molecule has 1 atom stereocenters. The van der Waals surface area contributed by atoms with Crippen LogP contribution in [0.4, 0.5) is 4.79 Å². The normalized spacial score (nSPS) is 18.5. The van der Waals surface area contributed by atoms with E-state index in [4.69, 9.17) is 9.84 Å². The van der Waals surface area contributed by atoms with Gasteiger partial charge >= 0.3 is 12.0 Å². The number of aromatic nitrogens is 1. The van der Waals surface area contributed by atoms with Crippen molar-refractivity contribution in [2.24, 2.45) is 0 Å². The smallest absolute Gasteiger partial charge is 0.317 e. The highest BCUT2D eigenvalue weighted by Crippen LogP contribution is 2.11. The van der Waals surface area contributed by atoms with E-state index in [1.807, 2.05) is 12.3 Å². The fourth-order valence-corrected chi connectivity index (χ4v) is 2.96. The molecule has 1 aliphatic heterocycles. The quantitative estimate of drug-likeness (QED) is 0.842. The van der Waals surface area contributed by atoms with Crippen molar-refractivity contribution in [3.63, 3.8) is 0 Å². The summed E-state index contributed by atoms with van der Waals surface area (Å²) >= 11 is 1.57. The molecule has 0 radical (unpaired) electrons. The number of amides is 2. The van der Waals surface area contributed by atoms with Crippen molar-refractivity contribution >= 4 is 23.3 Å². The van der Waals surface area contributed by atoms with Crippen LogP contribution in [0.2, 0.25) is 0 Å². The highest BCUT2D eigenvalue weighted by atomic mass is 32.1. The van der Waals surface area contributed by atoms with Crippen LogP contribution in [0.5, 0.6) is 0 Å². The van der Waals surface area contributed by atoms with Gasteiger partial charge in [0.15, 0.2) is 0 Å². The molecule has 1 saturated heterocycles. The summed E-state index contributed by atoms with van der Waals surface area (Å²) < 4.78 is 5.25. The van der Waals surface area contributed by atoms with Crippen LogP contribution >= 0.6 is 11.3 Å². The van der Waals surface area contributed by atoms with E-state index >= 15 is 0 Å². The number of carboxylic acids is 1. The molecule has 116 valence electrons. The van der Waals surface area contributed by atoms with Crippen molar-refractivity contribution in [3.05, 3.63) is 16.1 Å². The molecule has 0 bridgehead atoms. The highest BCUT2D eigenvalue weighted by molar-refractivity contribution is 7.09. The monoisotopic (exact) mass is 313 g/mol. The van der Waals surface area contributed by atoms with Crippen LogP contribution in [0.1, 0.15) is 17.1 Å². The van der Waals surface area contributed by atoms with Crippen LogP contribution < -0.4 is 5.32 Å². The van der Waals surface area contributed by atoms with Gasteiger partial charge < -0.3 is 20.1 Å². The number of hydrogen-bond acceptors (Lipinski definition) is 5. The SMILES string of the molecule is Cc1csc(CCNC(=O)N2CCOCC2CC(=O)O)n1. The van der Waals surface area contributed by atoms with Gasteiger partial charge in [0, 0.05) is 30.6 Å². The van der Waals surface area contributed by atoms with Gasteiger partial charge in [0.05, 0.1) is 30.7 Å². The number of urea groups is 1. The summed E-state index contributed by atoms with van der Waals surface area (Å²) in [5.41, 5.74) is 0.982. The number of morpholine rings is 1. The first-order chi connectivity index (χ1) is 10.1. The minimum absolute atomic E-state index is 0.0981. The van der Waals surface area contributed by atoms with Crippen molar-refractivity contribution in [2.45, 2.75) is 25.8 Å². The summed E-state index contributed by atoms with van der Waals surface area (Å²) in [6, 6.07) is -0.642. The maximum Gasteiger partial charge on any atom is 0.317 e. The van der Waals surface area contributed by atoms with Crippen LogP contribution in [0.25, 0.3) is 0 Å². The summed E-state index contributed by atoms with van der Waals surface area (Å²) in [6.45, 7) is 3.55. The van der Waals surface area contributed by atoms with Crippen LogP contribution in [0.15, 0.2) is 5.38 Å². The Balaban J connectivity index is 1.81. The molecule has 8 heteroatoms. The molecule has 2 heterocycles. The molecule has 7 nitrogen and oxygen atoms in total. The molecule has 0 aliphatic carbocycles. The molecule has 1 aliphatic rings. The third-order valence-corrected chi connectivity index (χ3v) is 4.21. The lowest BCUT2D eigenvalue weighted by Gasteiger charge is -2.34. The second kappa shape index (κ2) is 7.37. The van der Waals surface area contributed by atoms with E-state index in [-0.39, 0.29) is 19.1 Å². The minimum Gasteiger partial charge on any atom is -0.481 e. The number of carbonyl (C=O) groups is 2. The van der Waals surface area contributed by atoms with Crippen LogP contribution in [0, 0.1) is 6.92 Å². The lowest BCUT2D eigenvalue weighted by Crippen LogP contribution is -2.53. The molecule has 1 aromatic heterocycles. The van der Waals surface area contributed by atoms with E-state index < -0.39 is 12.0 Å². The number of carbonyl (C=O) groups excluding carboxylic acids is 1. The summed E-state index contributed by atoms with van der Waals surface area (Å²) in [6.07, 6.45) is 0.581. The van der Waals surface area contributed by atoms with Gasteiger partial charge in [0.2, 0.25) is 0 Å². The maximum absolute atomic E-state index is 12.1. The first-order valence-corrected chi connectivity index (χ1v) is 7.69. The fraction of sp³-hybridized carbons (Fsp3) is 0.615. The topological polar surface area (TPSA) is 91.8 Å². The number of thiazole rings is 1. The molecule has 21 heavy (non-hydrogen) atoms. The zero-order valence-corrected chi connectivity index (χ0v) is 12.7. The van der Waals surface area contributed by atoms with Crippen molar-refractivity contribution in [1.82, 2.24) is 15.2 Å². The molecule has 1 aromatic rings. The van der Waals surface area contributed by atoms with Crippen molar-refractivity contribution in [1.29, 1.82) is 0 Å². The molecule has 0 saturated carbocycles. The summed E-state index contributed by atoms with van der Waals surface area (Å²) in [7, 11) is 0. The van der Waals surface area contributed by atoms with E-state index in [1.54, 1.807) is 16.2 Å². The summed E-state index contributed by atoms with van der Waals surface area (Å²) in [4.78, 5) is 28.8. The zero-order chi connectivity index (χ0) is 15.2. The number of rotatable bonds is 5. The van der Waals surface area contributed by atoms with Crippen molar-refractivity contribution in [2.75, 3.05) is 26.3 Å². The summed E-state index contributed by atoms with van der Waals surface area (Å²) in [5, 5.41) is 14.6. The Bertz CT molecular complexity index is 505. The van der Waals surface area contributed by atoms with E-state index in [1.165, 1.54) is 0 Å². The van der Waals surface area contributed by atoms with Crippen molar-refractivity contribution < 1.29 is 19.4 Å². The molecule has 1 unspecified atom stereocenters. The Kier molecular flexibility index (Phi) is 5.51. The number of aliphatic carboxylic acids is 1. The van der Waals surface area contributed by atoms with Gasteiger partial charge in [-0.2, -0.15) is 0 Å². The molecule has 0 spiro atoms. The molecule has 1 fully saturated rings. The predicted octanol–water partition coefficient (Wildman–Crippen LogP) is 0.879. The molecule has 2 N–H and O–H groups in total. The van der Waals surface area contributed by atoms with E-state index in [0.29, 0.717) is 26.1 Å². The number of aryl methyl sites for hydroxylation is 1. The lowest BCUT2D eigenvalue weighted by molar-refractivity contribution is -0.139. The second-order valence-corrected chi connectivity index (χ2v) is 5.83. The van der Waals surface area contributed by atoms with E-state index in [2.05, 4.69) is 10.3 Å². The standard InChI is InChI=1S/C13H19N3O4S/c1-9-8-21-11(15-9)2-3-14-13(19)16-4-5-20-7-10(16)6-12(17)18/h8,10H,2-7H2,1H3,(H,14,19)(H,17,18). The molecule has 0 aromatic carbocycles. The fourth-order valence-electron chi connectivity index (χ4n) is 2.19.